The first kappa shape index (κ1) is 21.8. The number of pyridine rings is 1. The number of hydrogen-bond donors (Lipinski definition) is 2. The van der Waals surface area contributed by atoms with E-state index in [0.29, 0.717) is 27.2 Å². The SMILES string of the molecule is Cc1c(Cl)cnn1CC(=O)Nc1c(C(N)=O)sc2nc(C(F)F)cc(-c3ccccc3)c12. The Morgan fingerprint density at radius 1 is 1.28 bits per heavy atom. The normalized spacial score (nSPS) is 11.3. The highest BCUT2D eigenvalue weighted by atomic mass is 35.5. The summed E-state index contributed by atoms with van der Waals surface area (Å²) in [7, 11) is 0. The quantitative estimate of drug-likeness (QED) is 0.418. The number of carbonyl (C=O) groups is 2. The molecule has 1 aromatic carbocycles. The molecule has 4 aromatic rings. The maximum Gasteiger partial charge on any atom is 0.280 e. The standard InChI is InChI=1S/C21H16ClF2N5O2S/c1-10-13(22)8-26-29(10)9-15(30)28-17-16-12(11-5-3-2-4-6-11)7-14(19(23)24)27-21(16)32-18(17)20(25)31/h2-8,19H,9H2,1H3,(H2,25,31)(H,28,30). The minimum atomic E-state index is -2.81. The van der Waals surface area contributed by atoms with Gasteiger partial charge in [0.2, 0.25) is 5.91 Å². The summed E-state index contributed by atoms with van der Waals surface area (Å²) in [6, 6.07) is 10.0. The van der Waals surface area contributed by atoms with Gasteiger partial charge in [0.05, 0.1) is 22.6 Å². The van der Waals surface area contributed by atoms with Crippen molar-refractivity contribution in [1.29, 1.82) is 0 Å². The van der Waals surface area contributed by atoms with Crippen LogP contribution in [0.1, 0.15) is 27.5 Å². The van der Waals surface area contributed by atoms with Crippen LogP contribution in [0.3, 0.4) is 0 Å². The number of amides is 2. The fraction of sp³-hybridized carbons (Fsp3) is 0.143. The van der Waals surface area contributed by atoms with Crippen molar-refractivity contribution in [3.05, 3.63) is 63.9 Å². The van der Waals surface area contributed by atoms with Crippen LogP contribution in [0.25, 0.3) is 21.3 Å². The van der Waals surface area contributed by atoms with Crippen LogP contribution in [0.15, 0.2) is 42.6 Å². The number of thiophene rings is 1. The van der Waals surface area contributed by atoms with Gasteiger partial charge in [0.1, 0.15) is 21.9 Å². The molecule has 0 spiro atoms. The van der Waals surface area contributed by atoms with Crippen LogP contribution in [0.2, 0.25) is 5.02 Å². The fourth-order valence-corrected chi connectivity index (χ4v) is 4.42. The van der Waals surface area contributed by atoms with Crippen molar-refractivity contribution < 1.29 is 18.4 Å². The van der Waals surface area contributed by atoms with Crippen molar-refractivity contribution in [1.82, 2.24) is 14.8 Å². The number of alkyl halides is 2. The molecule has 0 saturated carbocycles. The predicted octanol–water partition coefficient (Wildman–Crippen LogP) is 4.80. The molecule has 3 heterocycles. The molecule has 0 aliphatic carbocycles. The molecular weight excluding hydrogens is 460 g/mol. The smallest absolute Gasteiger partial charge is 0.280 e. The Balaban J connectivity index is 1.87. The van der Waals surface area contributed by atoms with E-state index < -0.39 is 23.9 Å². The zero-order valence-electron chi connectivity index (χ0n) is 16.6. The summed E-state index contributed by atoms with van der Waals surface area (Å²) in [5, 5.41) is 7.51. The van der Waals surface area contributed by atoms with Crippen molar-refractivity contribution in [3.63, 3.8) is 0 Å². The summed E-state index contributed by atoms with van der Waals surface area (Å²) < 4.78 is 28.4. The number of halogens is 3. The Bertz CT molecular complexity index is 1340. The number of rotatable bonds is 6. The summed E-state index contributed by atoms with van der Waals surface area (Å²) in [5.74, 6) is -1.30. The van der Waals surface area contributed by atoms with Gasteiger partial charge in [0.25, 0.3) is 12.3 Å². The molecule has 32 heavy (non-hydrogen) atoms. The van der Waals surface area contributed by atoms with Gasteiger partial charge in [-0.25, -0.2) is 13.8 Å². The van der Waals surface area contributed by atoms with E-state index >= 15 is 0 Å². The maximum atomic E-state index is 13.5. The first-order chi connectivity index (χ1) is 15.3. The topological polar surface area (TPSA) is 103 Å². The number of nitrogens with two attached hydrogens (primary N) is 1. The lowest BCUT2D eigenvalue weighted by molar-refractivity contribution is -0.116. The van der Waals surface area contributed by atoms with Gasteiger partial charge in [-0.1, -0.05) is 41.9 Å². The Hall–Kier alpha value is -3.37. The molecule has 0 bridgehead atoms. The minimum absolute atomic E-state index is 0.0136. The zero-order chi connectivity index (χ0) is 23.0. The Labute approximate surface area is 189 Å². The van der Waals surface area contributed by atoms with Gasteiger partial charge in [-0.05, 0) is 24.1 Å². The number of benzene rings is 1. The third-order valence-corrected chi connectivity index (χ3v) is 6.28. The molecule has 3 N–H and O–H groups in total. The van der Waals surface area contributed by atoms with Crippen molar-refractivity contribution in [3.8, 4) is 11.1 Å². The summed E-state index contributed by atoms with van der Waals surface area (Å²) in [5.41, 5.74) is 6.85. The number of fused-ring (bicyclic) bond motifs is 1. The molecule has 0 radical (unpaired) electrons. The van der Waals surface area contributed by atoms with E-state index in [2.05, 4.69) is 15.4 Å². The maximum absolute atomic E-state index is 13.5. The van der Waals surface area contributed by atoms with Gasteiger partial charge in [0.15, 0.2) is 0 Å². The third kappa shape index (κ3) is 4.06. The van der Waals surface area contributed by atoms with Crippen molar-refractivity contribution in [2.75, 3.05) is 5.32 Å². The van der Waals surface area contributed by atoms with Crippen molar-refractivity contribution in [2.45, 2.75) is 19.9 Å². The van der Waals surface area contributed by atoms with E-state index in [0.717, 1.165) is 11.3 Å². The minimum Gasteiger partial charge on any atom is -0.365 e. The molecule has 7 nitrogen and oxygen atoms in total. The van der Waals surface area contributed by atoms with Gasteiger partial charge in [-0.15, -0.1) is 11.3 Å². The molecule has 11 heteroatoms. The largest absolute Gasteiger partial charge is 0.365 e. The van der Waals surface area contributed by atoms with Crippen LogP contribution in [0.5, 0.6) is 0 Å². The van der Waals surface area contributed by atoms with Crippen LogP contribution in [-0.4, -0.2) is 26.6 Å². The summed E-state index contributed by atoms with van der Waals surface area (Å²) >= 11 is 6.84. The molecular formula is C21H16ClF2N5O2S. The van der Waals surface area contributed by atoms with E-state index in [9.17, 15) is 18.4 Å². The number of anilines is 1. The van der Waals surface area contributed by atoms with Crippen LogP contribution >= 0.6 is 22.9 Å². The molecule has 0 aliphatic heterocycles. The Morgan fingerprint density at radius 2 is 2.00 bits per heavy atom. The third-order valence-electron chi connectivity index (χ3n) is 4.82. The molecule has 0 atom stereocenters. The number of hydrogen-bond acceptors (Lipinski definition) is 5. The molecule has 2 amide bonds. The summed E-state index contributed by atoms with van der Waals surface area (Å²) in [6.45, 7) is 1.54. The predicted molar refractivity (Wildman–Crippen MR) is 119 cm³/mol. The van der Waals surface area contributed by atoms with E-state index in [-0.39, 0.29) is 21.9 Å². The molecule has 0 saturated heterocycles. The van der Waals surface area contributed by atoms with Gasteiger partial charge in [0, 0.05) is 5.39 Å². The van der Waals surface area contributed by atoms with E-state index in [4.69, 9.17) is 17.3 Å². The highest BCUT2D eigenvalue weighted by molar-refractivity contribution is 7.21. The van der Waals surface area contributed by atoms with E-state index in [1.807, 2.05) is 0 Å². The Kier molecular flexibility index (Phi) is 5.90. The second-order valence-electron chi connectivity index (χ2n) is 6.90. The zero-order valence-corrected chi connectivity index (χ0v) is 18.2. The van der Waals surface area contributed by atoms with Crippen molar-refractivity contribution >= 4 is 50.7 Å². The van der Waals surface area contributed by atoms with Gasteiger partial charge in [-0.3, -0.25) is 14.3 Å². The van der Waals surface area contributed by atoms with Crippen LogP contribution < -0.4 is 11.1 Å². The van der Waals surface area contributed by atoms with Crippen LogP contribution in [0.4, 0.5) is 14.5 Å². The van der Waals surface area contributed by atoms with Gasteiger partial charge in [-0.2, -0.15) is 5.10 Å². The average molecular weight is 476 g/mol. The van der Waals surface area contributed by atoms with Gasteiger partial charge >= 0.3 is 0 Å². The molecule has 0 fully saturated rings. The van der Waals surface area contributed by atoms with Crippen LogP contribution in [-0.2, 0) is 11.3 Å². The Morgan fingerprint density at radius 3 is 2.59 bits per heavy atom. The first-order valence-corrected chi connectivity index (χ1v) is 10.5. The molecule has 3 aromatic heterocycles. The lowest BCUT2D eigenvalue weighted by Crippen LogP contribution is -2.22. The average Bonchev–Trinajstić information content (AvgIpc) is 3.28. The lowest BCUT2D eigenvalue weighted by Gasteiger charge is -2.11. The lowest BCUT2D eigenvalue weighted by atomic mass is 10.0. The van der Waals surface area contributed by atoms with Crippen molar-refractivity contribution in [2.24, 2.45) is 5.73 Å². The number of nitrogens with one attached hydrogen (secondary N) is 1. The fourth-order valence-electron chi connectivity index (χ4n) is 3.27. The molecule has 164 valence electrons. The second-order valence-corrected chi connectivity index (χ2v) is 8.30. The number of primary amides is 1. The monoisotopic (exact) mass is 475 g/mol. The number of aromatic nitrogens is 3. The van der Waals surface area contributed by atoms with Gasteiger partial charge < -0.3 is 11.1 Å². The summed E-state index contributed by atoms with van der Waals surface area (Å²) in [6.07, 6.45) is -1.39. The second kappa shape index (κ2) is 8.64. The first-order valence-electron chi connectivity index (χ1n) is 9.34. The molecule has 4 rings (SSSR count). The van der Waals surface area contributed by atoms with E-state index in [1.165, 1.54) is 16.9 Å². The molecule has 0 aliphatic rings. The summed E-state index contributed by atoms with van der Waals surface area (Å²) in [4.78, 5) is 29.1. The number of carbonyl (C=O) groups excluding carboxylic acids is 2. The highest BCUT2D eigenvalue weighted by Crippen LogP contribution is 2.42. The molecule has 0 unspecified atom stereocenters. The van der Waals surface area contributed by atoms with Crippen LogP contribution in [0, 0.1) is 6.92 Å². The highest BCUT2D eigenvalue weighted by Gasteiger charge is 2.25. The number of nitrogens with zero attached hydrogens (tertiary/aromatic N) is 3. The van der Waals surface area contributed by atoms with E-state index in [1.54, 1.807) is 37.3 Å².